The van der Waals surface area contributed by atoms with Gasteiger partial charge < -0.3 is 5.73 Å². The first-order chi connectivity index (χ1) is 8.71. The molecular formula is C18H35N. The molecule has 1 aliphatic carbocycles. The summed E-state index contributed by atoms with van der Waals surface area (Å²) in [4.78, 5) is 0. The zero-order valence-electron chi connectivity index (χ0n) is 13.9. The molecule has 1 saturated carbocycles. The van der Waals surface area contributed by atoms with Gasteiger partial charge in [0.15, 0.2) is 0 Å². The van der Waals surface area contributed by atoms with Gasteiger partial charge in [-0.1, -0.05) is 46.1 Å². The molecule has 112 valence electrons. The molecule has 0 radical (unpaired) electrons. The van der Waals surface area contributed by atoms with E-state index in [2.05, 4.69) is 41.2 Å². The highest BCUT2D eigenvalue weighted by molar-refractivity contribution is 5.05. The van der Waals surface area contributed by atoms with Crippen molar-refractivity contribution in [1.29, 1.82) is 0 Å². The van der Waals surface area contributed by atoms with Gasteiger partial charge in [0, 0.05) is 5.54 Å². The highest BCUT2D eigenvalue weighted by Gasteiger charge is 2.46. The van der Waals surface area contributed by atoms with Crippen LogP contribution >= 0.6 is 0 Å². The number of nitrogens with two attached hydrogens (primary N) is 1. The molecule has 0 saturated heterocycles. The molecule has 0 aliphatic heterocycles. The topological polar surface area (TPSA) is 26.0 Å². The van der Waals surface area contributed by atoms with Crippen LogP contribution in [0.5, 0.6) is 0 Å². The Balaban J connectivity index is 2.95. The molecule has 3 unspecified atom stereocenters. The van der Waals surface area contributed by atoms with Crippen molar-refractivity contribution in [2.45, 2.75) is 85.1 Å². The lowest BCUT2D eigenvalue weighted by atomic mass is 9.57. The fourth-order valence-corrected chi connectivity index (χ4v) is 3.84. The Morgan fingerprint density at radius 3 is 2.47 bits per heavy atom. The molecule has 1 fully saturated rings. The van der Waals surface area contributed by atoms with Gasteiger partial charge >= 0.3 is 0 Å². The zero-order chi connectivity index (χ0) is 14.7. The summed E-state index contributed by atoms with van der Waals surface area (Å²) < 4.78 is 0. The van der Waals surface area contributed by atoms with E-state index in [1.807, 2.05) is 0 Å². The van der Waals surface area contributed by atoms with Gasteiger partial charge in [-0.25, -0.2) is 0 Å². The Hall–Kier alpha value is -0.300. The molecule has 19 heavy (non-hydrogen) atoms. The minimum atomic E-state index is -0.0167. The van der Waals surface area contributed by atoms with E-state index in [1.165, 1.54) is 44.1 Å². The largest absolute Gasteiger partial charge is 0.324 e. The third kappa shape index (κ3) is 3.84. The smallest absolute Gasteiger partial charge is 0.0232 e. The maximum absolute atomic E-state index is 6.97. The number of hydrogen-bond acceptors (Lipinski definition) is 1. The SMILES string of the molecule is C=C(C)CCC1(C)CCCC(C)CCC1(N)C(C)C. The van der Waals surface area contributed by atoms with Crippen molar-refractivity contribution in [2.75, 3.05) is 0 Å². The van der Waals surface area contributed by atoms with Gasteiger partial charge in [-0.2, -0.15) is 0 Å². The van der Waals surface area contributed by atoms with Crippen molar-refractivity contribution in [3.8, 4) is 0 Å². The molecule has 2 N–H and O–H groups in total. The van der Waals surface area contributed by atoms with E-state index >= 15 is 0 Å². The summed E-state index contributed by atoms with van der Waals surface area (Å²) in [6, 6.07) is 0. The van der Waals surface area contributed by atoms with Crippen LogP contribution in [0.3, 0.4) is 0 Å². The van der Waals surface area contributed by atoms with E-state index in [-0.39, 0.29) is 11.0 Å². The Kier molecular flexibility index (Phi) is 5.67. The standard InChI is InChI=1S/C18H35N/c1-14(2)9-12-17(6)11-7-8-16(5)10-13-18(17,19)15(3)4/h15-16H,1,7-13,19H2,2-6H3. The fraction of sp³-hybridized carbons (Fsp3) is 0.889. The Morgan fingerprint density at radius 2 is 1.95 bits per heavy atom. The molecule has 1 heteroatoms. The van der Waals surface area contributed by atoms with Crippen LogP contribution in [0.25, 0.3) is 0 Å². The molecule has 1 rings (SSSR count). The third-order valence-electron chi connectivity index (χ3n) is 5.73. The summed E-state index contributed by atoms with van der Waals surface area (Å²) in [6.45, 7) is 15.7. The highest BCUT2D eigenvalue weighted by Crippen LogP contribution is 2.48. The van der Waals surface area contributed by atoms with Gasteiger partial charge in [0.1, 0.15) is 0 Å². The van der Waals surface area contributed by atoms with E-state index in [4.69, 9.17) is 5.73 Å². The second-order valence-electron chi connectivity index (χ2n) is 7.75. The fourth-order valence-electron chi connectivity index (χ4n) is 3.84. The Morgan fingerprint density at radius 1 is 1.32 bits per heavy atom. The van der Waals surface area contributed by atoms with Crippen LogP contribution in [0.1, 0.15) is 79.6 Å². The quantitative estimate of drug-likeness (QED) is 0.686. The van der Waals surface area contributed by atoms with E-state index in [9.17, 15) is 0 Å². The molecule has 3 atom stereocenters. The number of rotatable bonds is 4. The first-order valence-electron chi connectivity index (χ1n) is 8.14. The lowest BCUT2D eigenvalue weighted by molar-refractivity contribution is 0.0437. The van der Waals surface area contributed by atoms with Crippen molar-refractivity contribution in [2.24, 2.45) is 23.0 Å². The molecule has 1 aliphatic rings. The molecule has 0 bridgehead atoms. The minimum Gasteiger partial charge on any atom is -0.324 e. The van der Waals surface area contributed by atoms with Gasteiger partial charge in [0.05, 0.1) is 0 Å². The monoisotopic (exact) mass is 265 g/mol. The van der Waals surface area contributed by atoms with Crippen molar-refractivity contribution < 1.29 is 0 Å². The van der Waals surface area contributed by atoms with Gasteiger partial charge in [-0.3, -0.25) is 0 Å². The van der Waals surface area contributed by atoms with Crippen LogP contribution in [0.4, 0.5) is 0 Å². The van der Waals surface area contributed by atoms with Gasteiger partial charge in [-0.15, -0.1) is 6.58 Å². The van der Waals surface area contributed by atoms with Crippen LogP contribution < -0.4 is 5.73 Å². The maximum atomic E-state index is 6.97. The van der Waals surface area contributed by atoms with Crippen molar-refractivity contribution in [1.82, 2.24) is 0 Å². The maximum Gasteiger partial charge on any atom is 0.0232 e. The molecule has 1 nitrogen and oxygen atoms in total. The summed E-state index contributed by atoms with van der Waals surface area (Å²) >= 11 is 0. The molecular weight excluding hydrogens is 230 g/mol. The third-order valence-corrected chi connectivity index (χ3v) is 5.73. The molecule has 0 heterocycles. The molecule has 0 aromatic heterocycles. The van der Waals surface area contributed by atoms with E-state index in [0.717, 1.165) is 12.3 Å². The zero-order valence-corrected chi connectivity index (χ0v) is 13.9. The van der Waals surface area contributed by atoms with Gasteiger partial charge in [0.25, 0.3) is 0 Å². The molecule has 0 amide bonds. The van der Waals surface area contributed by atoms with Crippen molar-refractivity contribution in [3.63, 3.8) is 0 Å². The molecule has 0 spiro atoms. The summed E-state index contributed by atoms with van der Waals surface area (Å²) in [5, 5.41) is 0. The van der Waals surface area contributed by atoms with E-state index < -0.39 is 0 Å². The Labute approximate surface area is 121 Å². The summed E-state index contributed by atoms with van der Waals surface area (Å²) in [6.07, 6.45) is 8.77. The molecule has 0 aromatic rings. The number of hydrogen-bond donors (Lipinski definition) is 1. The van der Waals surface area contributed by atoms with E-state index in [1.54, 1.807) is 0 Å². The highest BCUT2D eigenvalue weighted by atomic mass is 14.8. The second kappa shape index (κ2) is 6.43. The average Bonchev–Trinajstić information content (AvgIpc) is 2.31. The number of allylic oxidation sites excluding steroid dienone is 1. The first kappa shape index (κ1) is 16.8. The minimum absolute atomic E-state index is 0.0167. The normalized spacial score (nSPS) is 36.9. The Bertz CT molecular complexity index is 307. The summed E-state index contributed by atoms with van der Waals surface area (Å²) in [5.41, 5.74) is 8.51. The predicted octanol–water partition coefficient (Wildman–Crippen LogP) is 5.30. The average molecular weight is 265 g/mol. The van der Waals surface area contributed by atoms with E-state index in [0.29, 0.717) is 5.92 Å². The first-order valence-corrected chi connectivity index (χ1v) is 8.14. The van der Waals surface area contributed by atoms with Crippen LogP contribution in [-0.2, 0) is 0 Å². The van der Waals surface area contributed by atoms with Crippen LogP contribution in [-0.4, -0.2) is 5.54 Å². The van der Waals surface area contributed by atoms with Crippen LogP contribution in [0.15, 0.2) is 12.2 Å². The van der Waals surface area contributed by atoms with Crippen molar-refractivity contribution in [3.05, 3.63) is 12.2 Å². The predicted molar refractivity (Wildman–Crippen MR) is 86.2 cm³/mol. The van der Waals surface area contributed by atoms with Crippen molar-refractivity contribution >= 4 is 0 Å². The lowest BCUT2D eigenvalue weighted by Gasteiger charge is -2.51. The summed E-state index contributed by atoms with van der Waals surface area (Å²) in [5.74, 6) is 1.39. The van der Waals surface area contributed by atoms with Crippen LogP contribution in [0.2, 0.25) is 0 Å². The summed E-state index contributed by atoms with van der Waals surface area (Å²) in [7, 11) is 0. The van der Waals surface area contributed by atoms with Gasteiger partial charge in [0.2, 0.25) is 0 Å². The van der Waals surface area contributed by atoms with Gasteiger partial charge in [-0.05, 0) is 56.3 Å². The second-order valence-corrected chi connectivity index (χ2v) is 7.75. The lowest BCUT2D eigenvalue weighted by Crippen LogP contribution is -2.58. The van der Waals surface area contributed by atoms with Crippen LogP contribution in [0, 0.1) is 17.3 Å². The molecule has 0 aromatic carbocycles.